The van der Waals surface area contributed by atoms with E-state index in [9.17, 15) is 9.59 Å². The van der Waals surface area contributed by atoms with Crippen molar-refractivity contribution in [1.29, 1.82) is 0 Å². The van der Waals surface area contributed by atoms with Crippen molar-refractivity contribution in [3.63, 3.8) is 0 Å². The minimum absolute atomic E-state index is 0.0363. The second-order valence-electron chi connectivity index (χ2n) is 7.10. The van der Waals surface area contributed by atoms with E-state index in [0.29, 0.717) is 6.54 Å². The monoisotopic (exact) mass is 316 g/mol. The number of hydrogen-bond acceptors (Lipinski definition) is 2. The molecule has 2 N–H and O–H groups in total. The molecule has 2 aliphatic rings. The quantitative estimate of drug-likeness (QED) is 0.862. The first-order valence-corrected chi connectivity index (χ1v) is 8.57. The number of likely N-dealkylation sites (tertiary alicyclic amines) is 1. The molecule has 1 saturated heterocycles. The van der Waals surface area contributed by atoms with Crippen LogP contribution in [0.4, 0.5) is 11.4 Å². The second kappa shape index (κ2) is 6.32. The van der Waals surface area contributed by atoms with Crippen LogP contribution in [0.2, 0.25) is 0 Å². The highest BCUT2D eigenvalue weighted by molar-refractivity contribution is 6.14. The zero-order valence-corrected chi connectivity index (χ0v) is 14.0. The zero-order valence-electron chi connectivity index (χ0n) is 14.0. The van der Waals surface area contributed by atoms with E-state index in [0.717, 1.165) is 24.5 Å². The fraction of sp³-hybridized carbons (Fsp3) is 0.556. The SMILES string of the molecule is CC1(C)C(=O)Nc2ccccc2N1C(=O)C[NH+]1CCCCCC1. The van der Waals surface area contributed by atoms with E-state index in [1.54, 1.807) is 4.90 Å². The van der Waals surface area contributed by atoms with E-state index in [1.165, 1.54) is 30.6 Å². The molecule has 5 nitrogen and oxygen atoms in total. The van der Waals surface area contributed by atoms with Gasteiger partial charge in [-0.25, -0.2) is 0 Å². The molecule has 0 spiro atoms. The van der Waals surface area contributed by atoms with Crippen LogP contribution in [0.3, 0.4) is 0 Å². The maximum absolute atomic E-state index is 13.0. The maximum atomic E-state index is 13.0. The molecule has 2 amide bonds. The number of anilines is 2. The molecule has 5 heteroatoms. The first kappa shape index (κ1) is 16.0. The number of carbonyl (C=O) groups is 2. The van der Waals surface area contributed by atoms with E-state index in [4.69, 9.17) is 0 Å². The lowest BCUT2D eigenvalue weighted by Gasteiger charge is -2.42. The number of amides is 2. The van der Waals surface area contributed by atoms with Crippen LogP contribution in [0.1, 0.15) is 39.5 Å². The highest BCUT2D eigenvalue weighted by atomic mass is 16.2. The van der Waals surface area contributed by atoms with Crippen molar-refractivity contribution in [3.8, 4) is 0 Å². The van der Waals surface area contributed by atoms with E-state index in [2.05, 4.69) is 5.32 Å². The third kappa shape index (κ3) is 3.11. The predicted octanol–water partition coefficient (Wildman–Crippen LogP) is 1.21. The number of fused-ring (bicyclic) bond motifs is 1. The van der Waals surface area contributed by atoms with Gasteiger partial charge in [-0.15, -0.1) is 0 Å². The molecule has 0 saturated carbocycles. The summed E-state index contributed by atoms with van der Waals surface area (Å²) < 4.78 is 0. The zero-order chi connectivity index (χ0) is 16.4. The highest BCUT2D eigenvalue weighted by Gasteiger charge is 2.44. The number of nitrogens with zero attached hydrogens (tertiary/aromatic N) is 1. The molecule has 23 heavy (non-hydrogen) atoms. The second-order valence-corrected chi connectivity index (χ2v) is 7.10. The van der Waals surface area contributed by atoms with Gasteiger partial charge in [0.2, 0.25) is 5.91 Å². The number of para-hydroxylation sites is 2. The highest BCUT2D eigenvalue weighted by Crippen LogP contribution is 2.36. The Bertz CT molecular complexity index is 604. The molecule has 2 heterocycles. The fourth-order valence-corrected chi connectivity index (χ4v) is 3.60. The minimum atomic E-state index is -0.864. The van der Waals surface area contributed by atoms with Crippen LogP contribution in [-0.2, 0) is 9.59 Å². The molecule has 0 bridgehead atoms. The normalized spacial score (nSPS) is 21.3. The number of nitrogens with one attached hydrogen (secondary N) is 2. The van der Waals surface area contributed by atoms with Crippen molar-refractivity contribution in [1.82, 2.24) is 0 Å². The Hall–Kier alpha value is -1.88. The van der Waals surface area contributed by atoms with Crippen LogP contribution < -0.4 is 15.1 Å². The Balaban J connectivity index is 1.86. The third-order valence-corrected chi connectivity index (χ3v) is 4.97. The largest absolute Gasteiger partial charge is 0.327 e. The summed E-state index contributed by atoms with van der Waals surface area (Å²) in [5.74, 6) is -0.0929. The van der Waals surface area contributed by atoms with Crippen molar-refractivity contribution in [3.05, 3.63) is 24.3 Å². The van der Waals surface area contributed by atoms with E-state index >= 15 is 0 Å². The van der Waals surface area contributed by atoms with Gasteiger partial charge in [-0.1, -0.05) is 12.1 Å². The summed E-state index contributed by atoms with van der Waals surface area (Å²) in [6.07, 6.45) is 4.89. The average molecular weight is 316 g/mol. The number of quaternary nitrogens is 1. The van der Waals surface area contributed by atoms with E-state index in [-0.39, 0.29) is 11.8 Å². The van der Waals surface area contributed by atoms with E-state index in [1.807, 2.05) is 38.1 Å². The Kier molecular flexibility index (Phi) is 4.39. The van der Waals surface area contributed by atoms with Crippen molar-refractivity contribution < 1.29 is 14.5 Å². The number of benzene rings is 1. The van der Waals surface area contributed by atoms with Crippen LogP contribution in [-0.4, -0.2) is 37.0 Å². The summed E-state index contributed by atoms with van der Waals surface area (Å²) in [5, 5.41) is 2.91. The van der Waals surface area contributed by atoms with Gasteiger partial charge in [-0.3, -0.25) is 14.5 Å². The van der Waals surface area contributed by atoms with Crippen molar-refractivity contribution in [2.24, 2.45) is 0 Å². The van der Waals surface area contributed by atoms with Gasteiger partial charge in [0.05, 0.1) is 24.5 Å². The summed E-state index contributed by atoms with van der Waals surface area (Å²) in [5.41, 5.74) is 0.656. The van der Waals surface area contributed by atoms with Gasteiger partial charge in [0.1, 0.15) is 5.54 Å². The van der Waals surface area contributed by atoms with Crippen LogP contribution in [0.5, 0.6) is 0 Å². The van der Waals surface area contributed by atoms with Gasteiger partial charge in [-0.05, 0) is 51.7 Å². The molecule has 3 rings (SSSR count). The Morgan fingerprint density at radius 2 is 1.83 bits per heavy atom. The van der Waals surface area contributed by atoms with Crippen LogP contribution in [0, 0.1) is 0 Å². The van der Waals surface area contributed by atoms with Crippen molar-refractivity contribution in [2.75, 3.05) is 29.9 Å². The molecule has 1 aromatic rings. The molecule has 0 atom stereocenters. The smallest absolute Gasteiger partial charge is 0.283 e. The topological polar surface area (TPSA) is 53.9 Å². The molecule has 2 aliphatic heterocycles. The van der Waals surface area contributed by atoms with Crippen LogP contribution in [0.25, 0.3) is 0 Å². The molecule has 0 unspecified atom stereocenters. The average Bonchev–Trinajstić information content (AvgIpc) is 2.76. The summed E-state index contributed by atoms with van der Waals surface area (Å²) in [6.45, 7) is 6.19. The summed E-state index contributed by atoms with van der Waals surface area (Å²) in [4.78, 5) is 28.5. The van der Waals surface area contributed by atoms with Crippen molar-refractivity contribution >= 4 is 23.2 Å². The molecule has 0 radical (unpaired) electrons. The third-order valence-electron chi connectivity index (χ3n) is 4.97. The molecular weight excluding hydrogens is 290 g/mol. The standard InChI is InChI=1S/C18H25N3O2/c1-18(2)17(23)19-14-9-5-6-10-15(14)21(18)16(22)13-20-11-7-3-4-8-12-20/h5-6,9-10H,3-4,7-8,11-13H2,1-2H3,(H,19,23)/p+1. The van der Waals surface area contributed by atoms with Crippen LogP contribution in [0.15, 0.2) is 24.3 Å². The molecule has 1 aromatic carbocycles. The summed E-state index contributed by atoms with van der Waals surface area (Å²) >= 11 is 0. The number of carbonyl (C=O) groups excluding carboxylic acids is 2. The van der Waals surface area contributed by atoms with Gasteiger partial charge in [0.15, 0.2) is 6.54 Å². The molecule has 0 aromatic heterocycles. The van der Waals surface area contributed by atoms with Gasteiger partial charge in [0, 0.05) is 0 Å². The van der Waals surface area contributed by atoms with Crippen LogP contribution >= 0.6 is 0 Å². The van der Waals surface area contributed by atoms with Gasteiger partial charge < -0.3 is 10.2 Å². The molecule has 124 valence electrons. The Morgan fingerprint density at radius 3 is 2.52 bits per heavy atom. The molecular formula is C18H26N3O2+. The lowest BCUT2D eigenvalue weighted by molar-refractivity contribution is -0.891. The minimum Gasteiger partial charge on any atom is -0.327 e. The fourth-order valence-electron chi connectivity index (χ4n) is 3.60. The number of rotatable bonds is 2. The van der Waals surface area contributed by atoms with E-state index < -0.39 is 5.54 Å². The maximum Gasteiger partial charge on any atom is 0.283 e. The Morgan fingerprint density at radius 1 is 1.17 bits per heavy atom. The first-order valence-electron chi connectivity index (χ1n) is 8.57. The van der Waals surface area contributed by atoms with Gasteiger partial charge >= 0.3 is 0 Å². The summed E-state index contributed by atoms with van der Waals surface area (Å²) in [6, 6.07) is 7.54. The lowest BCUT2D eigenvalue weighted by Crippen LogP contribution is -3.13. The number of hydrogen-bond donors (Lipinski definition) is 2. The lowest BCUT2D eigenvalue weighted by atomic mass is 9.96. The van der Waals surface area contributed by atoms with Gasteiger partial charge in [0.25, 0.3) is 5.91 Å². The predicted molar refractivity (Wildman–Crippen MR) is 90.7 cm³/mol. The Labute approximate surface area is 137 Å². The molecule has 0 aliphatic carbocycles. The van der Waals surface area contributed by atoms with Crippen molar-refractivity contribution in [2.45, 2.75) is 45.1 Å². The summed E-state index contributed by atoms with van der Waals surface area (Å²) in [7, 11) is 0. The first-order chi connectivity index (χ1) is 11.0. The molecule has 1 fully saturated rings. The van der Waals surface area contributed by atoms with Gasteiger partial charge in [-0.2, -0.15) is 0 Å².